The van der Waals surface area contributed by atoms with Crippen LogP contribution in [0.1, 0.15) is 69.1 Å². The lowest BCUT2D eigenvalue weighted by Crippen LogP contribution is -2.43. The van der Waals surface area contributed by atoms with Crippen molar-refractivity contribution in [1.29, 1.82) is 0 Å². The minimum atomic E-state index is 0. The van der Waals surface area contributed by atoms with E-state index in [-0.39, 0.29) is 30.1 Å². The third kappa shape index (κ3) is 7.94. The molecule has 1 saturated heterocycles. The molecule has 7 nitrogen and oxygen atoms in total. The van der Waals surface area contributed by atoms with Crippen molar-refractivity contribution < 1.29 is 13.7 Å². The zero-order chi connectivity index (χ0) is 20.3. The van der Waals surface area contributed by atoms with Gasteiger partial charge in [-0.2, -0.15) is 0 Å². The van der Waals surface area contributed by atoms with Crippen LogP contribution in [0.25, 0.3) is 0 Å². The lowest BCUT2D eigenvalue weighted by Gasteiger charge is -2.23. The van der Waals surface area contributed by atoms with Crippen molar-refractivity contribution in [3.8, 4) is 0 Å². The zero-order valence-corrected chi connectivity index (χ0v) is 20.4. The van der Waals surface area contributed by atoms with Gasteiger partial charge in [0.25, 0.3) is 0 Å². The van der Waals surface area contributed by atoms with Crippen LogP contribution in [0, 0.1) is 0 Å². The van der Waals surface area contributed by atoms with Gasteiger partial charge in [0.05, 0.1) is 18.1 Å². The van der Waals surface area contributed by atoms with Gasteiger partial charge in [-0.3, -0.25) is 0 Å². The molecule has 0 bridgehead atoms. The molecule has 0 aromatic carbocycles. The summed E-state index contributed by atoms with van der Waals surface area (Å²) in [4.78, 5) is 4.70. The summed E-state index contributed by atoms with van der Waals surface area (Å²) in [5.41, 5.74) is 1.02. The van der Waals surface area contributed by atoms with Crippen LogP contribution in [0.4, 0.5) is 0 Å². The van der Waals surface area contributed by atoms with E-state index in [1.165, 1.54) is 6.42 Å². The van der Waals surface area contributed by atoms with Gasteiger partial charge in [0.2, 0.25) is 0 Å². The summed E-state index contributed by atoms with van der Waals surface area (Å²) in [5.74, 6) is 2.95. The number of nitrogens with one attached hydrogen (secondary N) is 2. The quantitative estimate of drug-likeness (QED) is 0.265. The highest BCUT2D eigenvalue weighted by molar-refractivity contribution is 14.0. The van der Waals surface area contributed by atoms with E-state index in [1.54, 1.807) is 6.26 Å². The van der Waals surface area contributed by atoms with Crippen LogP contribution in [0.5, 0.6) is 0 Å². The number of aromatic nitrogens is 1. The molecule has 1 unspecified atom stereocenters. The van der Waals surface area contributed by atoms with Crippen molar-refractivity contribution in [3.63, 3.8) is 0 Å². The highest BCUT2D eigenvalue weighted by Gasteiger charge is 2.15. The standard InChI is InChI=1S/C22H34N4O3.HI/c1-3-17(4-2)21-14-20(29-26-21)16-25-22(23-11-10-18-9-7-13-27-18)24-15-19-8-5-6-12-28-19;/h7,9,13-14,17,19H,3-6,8,10-12,15-16H2,1-2H3,(H2,23,24,25);1H. The summed E-state index contributed by atoms with van der Waals surface area (Å²) in [5, 5.41) is 11.0. The van der Waals surface area contributed by atoms with E-state index in [9.17, 15) is 0 Å². The lowest BCUT2D eigenvalue weighted by molar-refractivity contribution is 0.0194. The van der Waals surface area contributed by atoms with Gasteiger partial charge in [0.15, 0.2) is 11.7 Å². The molecule has 0 amide bonds. The molecule has 2 aromatic heterocycles. The van der Waals surface area contributed by atoms with E-state index < -0.39 is 0 Å². The Bertz CT molecular complexity index is 723. The molecule has 1 aliphatic heterocycles. The molecule has 1 aliphatic rings. The molecule has 2 aromatic rings. The molecular formula is C22H35IN4O3. The first-order valence-electron chi connectivity index (χ1n) is 10.9. The summed E-state index contributed by atoms with van der Waals surface area (Å²) in [6.45, 7) is 7.15. The first kappa shape index (κ1) is 24.7. The number of hydrogen-bond acceptors (Lipinski definition) is 5. The van der Waals surface area contributed by atoms with Crippen LogP contribution < -0.4 is 10.6 Å². The molecule has 30 heavy (non-hydrogen) atoms. The fourth-order valence-corrected chi connectivity index (χ4v) is 3.57. The van der Waals surface area contributed by atoms with Crippen molar-refractivity contribution >= 4 is 29.9 Å². The molecule has 0 aliphatic carbocycles. The van der Waals surface area contributed by atoms with Crippen molar-refractivity contribution in [2.24, 2.45) is 4.99 Å². The van der Waals surface area contributed by atoms with Gasteiger partial charge >= 0.3 is 0 Å². The SMILES string of the molecule is CCC(CC)c1cc(CN=C(NCCc2ccco2)NCC2CCCCO2)on1.I. The average molecular weight is 530 g/mol. The Hall–Kier alpha value is -1.55. The third-order valence-electron chi connectivity index (χ3n) is 5.39. The van der Waals surface area contributed by atoms with Gasteiger partial charge in [-0.25, -0.2) is 4.99 Å². The summed E-state index contributed by atoms with van der Waals surface area (Å²) < 4.78 is 16.7. The number of nitrogens with zero attached hydrogens (tertiary/aromatic N) is 2. The van der Waals surface area contributed by atoms with Crippen LogP contribution in [-0.4, -0.2) is 36.9 Å². The monoisotopic (exact) mass is 530 g/mol. The maximum absolute atomic E-state index is 5.82. The molecule has 2 N–H and O–H groups in total. The molecule has 3 heterocycles. The summed E-state index contributed by atoms with van der Waals surface area (Å²) in [7, 11) is 0. The number of ether oxygens (including phenoxy) is 1. The number of guanidine groups is 1. The van der Waals surface area contributed by atoms with Gasteiger partial charge in [-0.05, 0) is 44.2 Å². The Balaban J connectivity index is 0.00000320. The summed E-state index contributed by atoms with van der Waals surface area (Å²) >= 11 is 0. The van der Waals surface area contributed by atoms with Gasteiger partial charge in [0.1, 0.15) is 12.3 Å². The van der Waals surface area contributed by atoms with Crippen LogP contribution >= 0.6 is 24.0 Å². The Kier molecular flexibility index (Phi) is 11.3. The van der Waals surface area contributed by atoms with Crippen molar-refractivity contribution in [2.45, 2.75) is 70.9 Å². The van der Waals surface area contributed by atoms with Crippen LogP contribution in [0.3, 0.4) is 0 Å². The highest BCUT2D eigenvalue weighted by atomic mass is 127. The molecular weight excluding hydrogens is 495 g/mol. The van der Waals surface area contributed by atoms with Crippen LogP contribution in [0.15, 0.2) is 38.4 Å². The Morgan fingerprint density at radius 1 is 1.23 bits per heavy atom. The van der Waals surface area contributed by atoms with Gasteiger partial charge in [0, 0.05) is 38.1 Å². The largest absolute Gasteiger partial charge is 0.469 e. The predicted octanol–water partition coefficient (Wildman–Crippen LogP) is 4.64. The second-order valence-corrected chi connectivity index (χ2v) is 7.52. The minimum absolute atomic E-state index is 0. The topological polar surface area (TPSA) is 84.8 Å². The molecule has 168 valence electrons. The molecule has 3 rings (SSSR count). The fourth-order valence-electron chi connectivity index (χ4n) is 3.57. The first-order valence-corrected chi connectivity index (χ1v) is 10.9. The van der Waals surface area contributed by atoms with E-state index >= 15 is 0 Å². The third-order valence-corrected chi connectivity index (χ3v) is 5.39. The van der Waals surface area contributed by atoms with E-state index in [2.05, 4.69) is 29.6 Å². The van der Waals surface area contributed by atoms with Crippen LogP contribution in [0.2, 0.25) is 0 Å². The van der Waals surface area contributed by atoms with Crippen molar-refractivity contribution in [3.05, 3.63) is 41.7 Å². The molecule has 1 atom stereocenters. The predicted molar refractivity (Wildman–Crippen MR) is 128 cm³/mol. The molecule has 0 saturated carbocycles. The van der Waals surface area contributed by atoms with Gasteiger partial charge in [-0.15, -0.1) is 24.0 Å². The number of furan rings is 1. The van der Waals surface area contributed by atoms with Crippen LogP contribution in [-0.2, 0) is 17.7 Å². The highest BCUT2D eigenvalue weighted by Crippen LogP contribution is 2.22. The van der Waals surface area contributed by atoms with Crippen molar-refractivity contribution in [2.75, 3.05) is 19.7 Å². The van der Waals surface area contributed by atoms with E-state index in [0.717, 1.165) is 75.0 Å². The summed E-state index contributed by atoms with van der Waals surface area (Å²) in [6, 6.07) is 5.92. The van der Waals surface area contributed by atoms with E-state index in [0.29, 0.717) is 12.5 Å². The molecule has 0 spiro atoms. The second-order valence-electron chi connectivity index (χ2n) is 7.52. The Morgan fingerprint density at radius 3 is 2.80 bits per heavy atom. The molecule has 1 fully saturated rings. The normalized spacial score (nSPS) is 17.0. The lowest BCUT2D eigenvalue weighted by atomic mass is 9.99. The number of halogens is 1. The van der Waals surface area contributed by atoms with E-state index in [1.807, 2.05) is 18.2 Å². The molecule has 0 radical (unpaired) electrons. The van der Waals surface area contributed by atoms with E-state index in [4.69, 9.17) is 18.7 Å². The van der Waals surface area contributed by atoms with Crippen molar-refractivity contribution in [1.82, 2.24) is 15.8 Å². The zero-order valence-electron chi connectivity index (χ0n) is 18.1. The maximum Gasteiger partial charge on any atom is 0.191 e. The fraction of sp³-hybridized carbons (Fsp3) is 0.636. The maximum atomic E-state index is 5.82. The Labute approximate surface area is 196 Å². The molecule has 8 heteroatoms. The first-order chi connectivity index (χ1) is 14.3. The number of aliphatic imine (C=N–C) groups is 1. The number of rotatable bonds is 10. The van der Waals surface area contributed by atoms with Gasteiger partial charge < -0.3 is 24.3 Å². The van der Waals surface area contributed by atoms with Gasteiger partial charge in [-0.1, -0.05) is 19.0 Å². The Morgan fingerprint density at radius 2 is 2.10 bits per heavy atom. The smallest absolute Gasteiger partial charge is 0.191 e. The average Bonchev–Trinajstić information content (AvgIpc) is 3.44. The minimum Gasteiger partial charge on any atom is -0.469 e. The second kappa shape index (κ2) is 13.7. The number of hydrogen-bond donors (Lipinski definition) is 2. The summed E-state index contributed by atoms with van der Waals surface area (Å²) in [6.07, 6.45) is 8.34.